The first kappa shape index (κ1) is 60.2. The molecule has 0 aromatic carbocycles. The summed E-state index contributed by atoms with van der Waals surface area (Å²) in [6, 6.07) is 0. The number of carbonyl (C=O) groups excluding carboxylic acids is 2. The van der Waals surface area contributed by atoms with Gasteiger partial charge in [-0.25, -0.2) is 4.79 Å². The Hall–Kier alpha value is -2.83. The van der Waals surface area contributed by atoms with Crippen molar-refractivity contribution in [3.63, 3.8) is 0 Å². The van der Waals surface area contributed by atoms with Gasteiger partial charge in [0.25, 0.3) is 0 Å². The highest BCUT2D eigenvalue weighted by molar-refractivity contribution is 5.73. The zero-order valence-electron chi connectivity index (χ0n) is 41.0. The number of carbonyl (C=O) groups is 3. The monoisotopic (exact) mass is 919 g/mol. The van der Waals surface area contributed by atoms with Gasteiger partial charge in [0.15, 0.2) is 18.5 Å². The fraction of sp³-hybridized carbons (Fsp3) is 0.796. The SMILES string of the molecule is CC/C=C\C/C=C\C/C=C\C/C=C\CCCCCCC(=O)OCC(COC1OC(C(=O)O)C(O)C(O)C1O)OC(=O)CCCCCCCCCCCCCCCCCCCCCCCC. The van der Waals surface area contributed by atoms with E-state index in [1.807, 2.05) is 0 Å². The van der Waals surface area contributed by atoms with Crippen molar-refractivity contribution in [2.75, 3.05) is 13.2 Å². The lowest BCUT2D eigenvalue weighted by atomic mass is 9.99. The van der Waals surface area contributed by atoms with Crippen LogP contribution in [0.3, 0.4) is 0 Å². The molecule has 0 aliphatic carbocycles. The van der Waals surface area contributed by atoms with Crippen molar-refractivity contribution >= 4 is 17.9 Å². The number of aliphatic hydroxyl groups is 3. The van der Waals surface area contributed by atoms with Gasteiger partial charge < -0.3 is 39.4 Å². The molecular formula is C54H94O11. The molecule has 65 heavy (non-hydrogen) atoms. The number of esters is 2. The summed E-state index contributed by atoms with van der Waals surface area (Å²) >= 11 is 0. The molecule has 0 spiro atoms. The molecule has 1 aliphatic rings. The Morgan fingerprint density at radius 3 is 1.37 bits per heavy atom. The van der Waals surface area contributed by atoms with Crippen molar-refractivity contribution < 1.29 is 53.8 Å². The van der Waals surface area contributed by atoms with E-state index in [9.17, 15) is 34.8 Å². The smallest absolute Gasteiger partial charge is 0.335 e. The molecule has 6 atom stereocenters. The summed E-state index contributed by atoms with van der Waals surface area (Å²) in [6.07, 6.45) is 44.5. The molecule has 1 fully saturated rings. The van der Waals surface area contributed by atoms with Gasteiger partial charge in [-0.05, 0) is 51.4 Å². The van der Waals surface area contributed by atoms with Crippen LogP contribution in [0.15, 0.2) is 48.6 Å². The van der Waals surface area contributed by atoms with Crippen LogP contribution in [0.4, 0.5) is 0 Å². The summed E-state index contributed by atoms with van der Waals surface area (Å²) in [5.41, 5.74) is 0. The molecule has 1 aliphatic heterocycles. The third-order valence-electron chi connectivity index (χ3n) is 11.9. The number of unbranched alkanes of at least 4 members (excludes halogenated alkanes) is 25. The Balaban J connectivity index is 2.29. The minimum absolute atomic E-state index is 0.180. The second-order valence-electron chi connectivity index (χ2n) is 18.0. The highest BCUT2D eigenvalue weighted by Gasteiger charge is 2.47. The lowest BCUT2D eigenvalue weighted by Crippen LogP contribution is -2.60. The first-order chi connectivity index (χ1) is 31.7. The van der Waals surface area contributed by atoms with Crippen molar-refractivity contribution in [1.82, 2.24) is 0 Å². The molecule has 0 radical (unpaired) electrons. The molecule has 0 bridgehead atoms. The molecule has 11 heteroatoms. The lowest BCUT2D eigenvalue weighted by Gasteiger charge is -2.38. The Bertz CT molecular complexity index is 1260. The zero-order valence-corrected chi connectivity index (χ0v) is 41.0. The van der Waals surface area contributed by atoms with Gasteiger partial charge in [0.1, 0.15) is 24.9 Å². The Kier molecular flexibility index (Phi) is 40.5. The van der Waals surface area contributed by atoms with Crippen molar-refractivity contribution in [1.29, 1.82) is 0 Å². The van der Waals surface area contributed by atoms with E-state index in [1.165, 1.54) is 116 Å². The van der Waals surface area contributed by atoms with Gasteiger partial charge >= 0.3 is 17.9 Å². The molecule has 11 nitrogen and oxygen atoms in total. The number of carboxylic acids is 1. The topological polar surface area (TPSA) is 169 Å². The largest absolute Gasteiger partial charge is 0.479 e. The van der Waals surface area contributed by atoms with E-state index in [0.29, 0.717) is 12.8 Å². The van der Waals surface area contributed by atoms with Gasteiger partial charge in [0, 0.05) is 12.8 Å². The van der Waals surface area contributed by atoms with Gasteiger partial charge in [-0.3, -0.25) is 9.59 Å². The van der Waals surface area contributed by atoms with E-state index in [1.54, 1.807) is 0 Å². The van der Waals surface area contributed by atoms with Crippen molar-refractivity contribution in [3.05, 3.63) is 48.6 Å². The first-order valence-corrected chi connectivity index (χ1v) is 26.2. The van der Waals surface area contributed by atoms with Crippen LogP contribution >= 0.6 is 0 Å². The summed E-state index contributed by atoms with van der Waals surface area (Å²) in [4.78, 5) is 37.0. The summed E-state index contributed by atoms with van der Waals surface area (Å²) < 4.78 is 21.8. The van der Waals surface area contributed by atoms with Crippen LogP contribution in [0.1, 0.15) is 226 Å². The van der Waals surface area contributed by atoms with Crippen LogP contribution in [-0.4, -0.2) is 88.4 Å². The lowest BCUT2D eigenvalue weighted by molar-refractivity contribution is -0.298. The molecule has 6 unspecified atom stereocenters. The maximum Gasteiger partial charge on any atom is 0.335 e. The Labute approximate surface area is 394 Å². The molecule has 1 heterocycles. The number of carboxylic acid groups (broad SMARTS) is 1. The summed E-state index contributed by atoms with van der Waals surface area (Å²) in [7, 11) is 0. The fourth-order valence-corrected chi connectivity index (χ4v) is 7.87. The summed E-state index contributed by atoms with van der Waals surface area (Å²) in [5.74, 6) is -2.47. The van der Waals surface area contributed by atoms with Crippen LogP contribution < -0.4 is 0 Å². The van der Waals surface area contributed by atoms with E-state index >= 15 is 0 Å². The molecule has 4 N–H and O–H groups in total. The van der Waals surface area contributed by atoms with Crippen LogP contribution in [-0.2, 0) is 33.3 Å². The number of hydrogen-bond acceptors (Lipinski definition) is 10. The van der Waals surface area contributed by atoms with E-state index < -0.39 is 61.3 Å². The van der Waals surface area contributed by atoms with E-state index in [0.717, 1.165) is 70.6 Å². The zero-order chi connectivity index (χ0) is 47.4. The maximum atomic E-state index is 12.8. The summed E-state index contributed by atoms with van der Waals surface area (Å²) in [6.45, 7) is 3.71. The van der Waals surface area contributed by atoms with Gasteiger partial charge in [-0.2, -0.15) is 0 Å². The van der Waals surface area contributed by atoms with Gasteiger partial charge in [0.05, 0.1) is 6.61 Å². The van der Waals surface area contributed by atoms with E-state index in [4.69, 9.17) is 18.9 Å². The van der Waals surface area contributed by atoms with Crippen molar-refractivity contribution in [2.24, 2.45) is 0 Å². The second-order valence-corrected chi connectivity index (χ2v) is 18.0. The Morgan fingerprint density at radius 2 is 0.908 bits per heavy atom. The Morgan fingerprint density at radius 1 is 0.492 bits per heavy atom. The number of ether oxygens (including phenoxy) is 4. The summed E-state index contributed by atoms with van der Waals surface area (Å²) in [5, 5.41) is 40.0. The molecule has 376 valence electrons. The number of rotatable bonds is 44. The third-order valence-corrected chi connectivity index (χ3v) is 11.9. The molecule has 0 amide bonds. The predicted octanol–water partition coefficient (Wildman–Crippen LogP) is 12.5. The van der Waals surface area contributed by atoms with Crippen LogP contribution in [0, 0.1) is 0 Å². The van der Waals surface area contributed by atoms with Crippen molar-refractivity contribution in [2.45, 2.75) is 263 Å². The average Bonchev–Trinajstić information content (AvgIpc) is 3.29. The number of hydrogen-bond donors (Lipinski definition) is 4. The molecular weight excluding hydrogens is 825 g/mol. The number of allylic oxidation sites excluding steroid dienone is 8. The predicted molar refractivity (Wildman–Crippen MR) is 261 cm³/mol. The minimum atomic E-state index is -1.87. The van der Waals surface area contributed by atoms with Gasteiger partial charge in [-0.1, -0.05) is 210 Å². The van der Waals surface area contributed by atoms with E-state index in [2.05, 4.69) is 62.5 Å². The van der Waals surface area contributed by atoms with Crippen LogP contribution in [0.25, 0.3) is 0 Å². The van der Waals surface area contributed by atoms with E-state index in [-0.39, 0.29) is 19.4 Å². The van der Waals surface area contributed by atoms with Crippen LogP contribution in [0.2, 0.25) is 0 Å². The van der Waals surface area contributed by atoms with Crippen LogP contribution in [0.5, 0.6) is 0 Å². The fourth-order valence-electron chi connectivity index (χ4n) is 7.87. The van der Waals surface area contributed by atoms with Gasteiger partial charge in [-0.15, -0.1) is 0 Å². The quantitative estimate of drug-likeness (QED) is 0.0261. The number of aliphatic carboxylic acids is 1. The first-order valence-electron chi connectivity index (χ1n) is 26.2. The third kappa shape index (κ3) is 35.0. The normalized spacial score (nSPS) is 19.6. The highest BCUT2D eigenvalue weighted by atomic mass is 16.7. The average molecular weight is 919 g/mol. The molecule has 1 rings (SSSR count). The standard InChI is InChI=1S/C54H94O11/c1-3-5-7-9-11-13-15-17-19-21-22-23-24-25-27-29-31-33-35-37-39-41-43-48(56)64-46(45-63-54-51(59)49(57)50(58)52(65-54)53(60)61)44-62-47(55)42-40-38-36-34-32-30-28-26-20-18-16-14-12-10-8-6-4-2/h6,8,12,14,18,20,28,30,46,49-52,54,57-59H,3-5,7,9-11,13,15-17,19,21-27,29,31-45H2,1-2H3,(H,60,61)/b8-6-,14-12-,20-18-,30-28-. The maximum absolute atomic E-state index is 12.8. The highest BCUT2D eigenvalue weighted by Crippen LogP contribution is 2.23. The molecule has 1 saturated heterocycles. The minimum Gasteiger partial charge on any atom is -0.479 e. The molecule has 0 aromatic heterocycles. The van der Waals surface area contributed by atoms with Gasteiger partial charge in [0.2, 0.25) is 0 Å². The second kappa shape index (κ2) is 43.7. The molecule has 0 saturated carbocycles. The molecule has 0 aromatic rings. The number of aliphatic hydroxyl groups excluding tert-OH is 3. The van der Waals surface area contributed by atoms with Crippen molar-refractivity contribution in [3.8, 4) is 0 Å².